The Hall–Kier alpha value is -2.88. The van der Waals surface area contributed by atoms with E-state index >= 15 is 0 Å². The van der Waals surface area contributed by atoms with Crippen molar-refractivity contribution < 1.29 is 14.7 Å². The van der Waals surface area contributed by atoms with Crippen molar-refractivity contribution in [3.8, 4) is 0 Å². The van der Waals surface area contributed by atoms with Crippen molar-refractivity contribution in [2.45, 2.75) is 20.8 Å². The Balaban J connectivity index is 2.29. The molecule has 0 fully saturated rings. The lowest BCUT2D eigenvalue weighted by Gasteiger charge is -2.09. The minimum absolute atomic E-state index is 0.0344. The SMILES string of the molecule is Cc1ccc(C(=CC(=O)Nc2cccc(C)c2C)C(=O)O)cc1. The number of carbonyl (C=O) groups is 2. The fourth-order valence-corrected chi connectivity index (χ4v) is 2.19. The molecule has 0 radical (unpaired) electrons. The van der Waals surface area contributed by atoms with Gasteiger partial charge in [-0.25, -0.2) is 4.79 Å². The fourth-order valence-electron chi connectivity index (χ4n) is 2.19. The van der Waals surface area contributed by atoms with Gasteiger partial charge in [-0.2, -0.15) is 0 Å². The first-order chi connectivity index (χ1) is 10.9. The maximum atomic E-state index is 12.2. The summed E-state index contributed by atoms with van der Waals surface area (Å²) >= 11 is 0. The van der Waals surface area contributed by atoms with Gasteiger partial charge in [-0.3, -0.25) is 4.79 Å². The van der Waals surface area contributed by atoms with E-state index in [1.165, 1.54) is 0 Å². The Morgan fingerprint density at radius 3 is 2.26 bits per heavy atom. The molecule has 2 rings (SSSR count). The number of aliphatic carboxylic acids is 1. The number of carboxylic acid groups (broad SMARTS) is 1. The lowest BCUT2D eigenvalue weighted by atomic mass is 10.0. The molecule has 2 N–H and O–H groups in total. The van der Waals surface area contributed by atoms with Gasteiger partial charge >= 0.3 is 5.97 Å². The van der Waals surface area contributed by atoms with Gasteiger partial charge in [0.15, 0.2) is 0 Å². The molecule has 0 aromatic heterocycles. The number of hydrogen-bond donors (Lipinski definition) is 2. The predicted molar refractivity (Wildman–Crippen MR) is 91.3 cm³/mol. The molecule has 2 aromatic rings. The summed E-state index contributed by atoms with van der Waals surface area (Å²) in [5, 5.41) is 12.1. The maximum Gasteiger partial charge on any atom is 0.336 e. The summed E-state index contributed by atoms with van der Waals surface area (Å²) in [6.07, 6.45) is 1.12. The standard InChI is InChI=1S/C19H19NO3/c1-12-7-9-15(10-8-12)16(19(22)23)11-18(21)20-17-6-4-5-13(2)14(17)3/h4-11H,1-3H3,(H,20,21)(H,22,23). The monoisotopic (exact) mass is 309 g/mol. The molecule has 2 aromatic carbocycles. The van der Waals surface area contributed by atoms with E-state index in [2.05, 4.69) is 5.32 Å². The van der Waals surface area contributed by atoms with Crippen LogP contribution in [0.1, 0.15) is 22.3 Å². The molecule has 0 spiro atoms. The summed E-state index contributed by atoms with van der Waals surface area (Å²) in [5.41, 5.74) is 4.19. The number of nitrogens with one attached hydrogen (secondary N) is 1. The van der Waals surface area contributed by atoms with Crippen LogP contribution in [0, 0.1) is 20.8 Å². The Bertz CT molecular complexity index is 774. The second-order valence-corrected chi connectivity index (χ2v) is 5.47. The van der Waals surface area contributed by atoms with Crippen LogP contribution in [0.25, 0.3) is 5.57 Å². The molecule has 0 heterocycles. The normalized spacial score (nSPS) is 11.2. The summed E-state index contributed by atoms with van der Waals surface area (Å²) in [6.45, 7) is 5.78. The van der Waals surface area contributed by atoms with Crippen molar-refractivity contribution >= 4 is 23.1 Å². The maximum absolute atomic E-state index is 12.2. The molecule has 1 amide bonds. The molecule has 0 saturated heterocycles. The van der Waals surface area contributed by atoms with Crippen LogP contribution < -0.4 is 5.32 Å². The van der Waals surface area contributed by atoms with Crippen molar-refractivity contribution in [1.82, 2.24) is 0 Å². The van der Waals surface area contributed by atoms with Crippen LogP contribution in [0.2, 0.25) is 0 Å². The zero-order valence-electron chi connectivity index (χ0n) is 13.4. The molecule has 4 nitrogen and oxygen atoms in total. The lowest BCUT2D eigenvalue weighted by Crippen LogP contribution is -2.12. The molecule has 118 valence electrons. The Labute approximate surface area is 135 Å². The molecule has 0 atom stereocenters. The third-order valence-electron chi connectivity index (χ3n) is 3.73. The van der Waals surface area contributed by atoms with Gasteiger partial charge < -0.3 is 10.4 Å². The van der Waals surface area contributed by atoms with Crippen LogP contribution >= 0.6 is 0 Å². The number of benzene rings is 2. The molecule has 23 heavy (non-hydrogen) atoms. The number of carbonyl (C=O) groups excluding carboxylic acids is 1. The molecular weight excluding hydrogens is 290 g/mol. The van der Waals surface area contributed by atoms with E-state index in [1.54, 1.807) is 18.2 Å². The highest BCUT2D eigenvalue weighted by atomic mass is 16.4. The van der Waals surface area contributed by atoms with Gasteiger partial charge in [-0.15, -0.1) is 0 Å². The molecule has 4 heteroatoms. The number of aryl methyl sites for hydroxylation is 2. The highest BCUT2D eigenvalue weighted by Gasteiger charge is 2.13. The first kappa shape index (κ1) is 16.5. The summed E-state index contributed by atoms with van der Waals surface area (Å²) in [4.78, 5) is 23.6. The number of amides is 1. The number of rotatable bonds is 4. The molecular formula is C19H19NO3. The van der Waals surface area contributed by atoms with Crippen LogP contribution in [0.15, 0.2) is 48.5 Å². The smallest absolute Gasteiger partial charge is 0.336 e. The predicted octanol–water partition coefficient (Wildman–Crippen LogP) is 3.72. The van der Waals surface area contributed by atoms with E-state index in [0.29, 0.717) is 11.3 Å². The van der Waals surface area contributed by atoms with Gasteiger partial charge in [-0.1, -0.05) is 42.0 Å². The van der Waals surface area contributed by atoms with Crippen molar-refractivity contribution in [3.05, 3.63) is 70.8 Å². The third-order valence-corrected chi connectivity index (χ3v) is 3.73. The van der Waals surface area contributed by atoms with Crippen LogP contribution in [-0.2, 0) is 9.59 Å². The van der Waals surface area contributed by atoms with E-state index < -0.39 is 11.9 Å². The number of carboxylic acids is 1. The fraction of sp³-hybridized carbons (Fsp3) is 0.158. The van der Waals surface area contributed by atoms with Crippen LogP contribution in [0.4, 0.5) is 5.69 Å². The molecule has 0 bridgehead atoms. The topological polar surface area (TPSA) is 66.4 Å². The van der Waals surface area contributed by atoms with Gasteiger partial charge in [0.25, 0.3) is 0 Å². The highest BCUT2D eigenvalue weighted by molar-refractivity contribution is 6.21. The lowest BCUT2D eigenvalue weighted by molar-refractivity contribution is -0.130. The zero-order chi connectivity index (χ0) is 17.0. The van der Waals surface area contributed by atoms with Crippen molar-refractivity contribution in [3.63, 3.8) is 0 Å². The van der Waals surface area contributed by atoms with E-state index in [-0.39, 0.29) is 5.57 Å². The quantitative estimate of drug-likeness (QED) is 0.846. The van der Waals surface area contributed by atoms with Crippen molar-refractivity contribution in [2.24, 2.45) is 0 Å². The van der Waals surface area contributed by atoms with Crippen LogP contribution in [-0.4, -0.2) is 17.0 Å². The Morgan fingerprint density at radius 1 is 1.00 bits per heavy atom. The average Bonchev–Trinajstić information content (AvgIpc) is 2.50. The largest absolute Gasteiger partial charge is 0.478 e. The van der Waals surface area contributed by atoms with E-state index in [1.807, 2.05) is 45.0 Å². The van der Waals surface area contributed by atoms with Gasteiger partial charge in [0.2, 0.25) is 5.91 Å². The molecule has 0 aliphatic heterocycles. The first-order valence-electron chi connectivity index (χ1n) is 7.27. The first-order valence-corrected chi connectivity index (χ1v) is 7.27. The minimum atomic E-state index is -1.13. The third kappa shape index (κ3) is 4.07. The molecule has 0 unspecified atom stereocenters. The van der Waals surface area contributed by atoms with Crippen molar-refractivity contribution in [1.29, 1.82) is 0 Å². The number of anilines is 1. The zero-order valence-corrected chi connectivity index (χ0v) is 13.4. The summed E-state index contributed by atoms with van der Waals surface area (Å²) < 4.78 is 0. The number of hydrogen-bond acceptors (Lipinski definition) is 2. The minimum Gasteiger partial charge on any atom is -0.478 e. The van der Waals surface area contributed by atoms with Gasteiger partial charge in [0.1, 0.15) is 0 Å². The molecule has 0 aliphatic carbocycles. The molecule has 0 aliphatic rings. The van der Waals surface area contributed by atoms with E-state index in [4.69, 9.17) is 0 Å². The average molecular weight is 309 g/mol. The second-order valence-electron chi connectivity index (χ2n) is 5.47. The highest BCUT2D eigenvalue weighted by Crippen LogP contribution is 2.19. The van der Waals surface area contributed by atoms with Gasteiger partial charge in [0, 0.05) is 11.8 Å². The van der Waals surface area contributed by atoms with Crippen LogP contribution in [0.3, 0.4) is 0 Å². The van der Waals surface area contributed by atoms with Crippen LogP contribution in [0.5, 0.6) is 0 Å². The molecule has 0 saturated carbocycles. The van der Waals surface area contributed by atoms with Gasteiger partial charge in [-0.05, 0) is 43.5 Å². The second kappa shape index (κ2) is 6.92. The summed E-state index contributed by atoms with van der Waals surface area (Å²) in [5.74, 6) is -1.60. The summed E-state index contributed by atoms with van der Waals surface area (Å²) in [6, 6.07) is 12.6. The van der Waals surface area contributed by atoms with Gasteiger partial charge in [0.05, 0.1) is 5.57 Å². The summed E-state index contributed by atoms with van der Waals surface area (Å²) in [7, 11) is 0. The Morgan fingerprint density at radius 2 is 1.65 bits per heavy atom. The van der Waals surface area contributed by atoms with E-state index in [9.17, 15) is 14.7 Å². The van der Waals surface area contributed by atoms with Crippen molar-refractivity contribution in [2.75, 3.05) is 5.32 Å². The van der Waals surface area contributed by atoms with E-state index in [0.717, 1.165) is 22.8 Å². The Kier molecular flexibility index (Phi) is 4.96.